The zero-order valence-corrected chi connectivity index (χ0v) is 17.0. The second-order valence-corrected chi connectivity index (χ2v) is 7.82. The molecule has 0 aliphatic heterocycles. The number of methoxy groups -OCH3 is 1. The fourth-order valence-corrected chi connectivity index (χ4v) is 3.84. The number of pyridine rings is 1. The number of carbonyl (C=O) groups excluding carboxylic acids is 2. The molecule has 0 fully saturated rings. The third-order valence-corrected chi connectivity index (χ3v) is 5.18. The molecule has 8 nitrogen and oxygen atoms in total. The monoisotopic (exact) mass is 402 g/mol. The van der Waals surface area contributed by atoms with E-state index in [0.717, 1.165) is 15.3 Å². The Morgan fingerprint density at radius 1 is 1.21 bits per heavy atom. The molecule has 3 heterocycles. The van der Waals surface area contributed by atoms with E-state index in [4.69, 9.17) is 9.26 Å². The predicted molar refractivity (Wildman–Crippen MR) is 107 cm³/mol. The molecule has 0 unspecified atom stereocenters. The largest absolute Gasteiger partial charge is 0.383 e. The number of amides is 2. The molecule has 28 heavy (non-hydrogen) atoms. The Kier molecular flexibility index (Phi) is 6.05. The molecule has 3 aromatic heterocycles. The van der Waals surface area contributed by atoms with Gasteiger partial charge in [0.25, 0.3) is 11.6 Å². The summed E-state index contributed by atoms with van der Waals surface area (Å²) in [5.74, 6) is -0.672. The highest BCUT2D eigenvalue weighted by atomic mass is 32.1. The van der Waals surface area contributed by atoms with Crippen molar-refractivity contribution in [3.8, 4) is 11.3 Å². The van der Waals surface area contributed by atoms with Crippen molar-refractivity contribution in [1.29, 1.82) is 0 Å². The van der Waals surface area contributed by atoms with Crippen LogP contribution in [0.15, 0.2) is 16.7 Å². The zero-order chi connectivity index (χ0) is 20.3. The summed E-state index contributed by atoms with van der Waals surface area (Å²) in [6.45, 7) is 6.44. The van der Waals surface area contributed by atoms with Gasteiger partial charge in [-0.3, -0.25) is 9.59 Å². The molecular formula is C19H22N4O4S. The van der Waals surface area contributed by atoms with Crippen LogP contribution < -0.4 is 10.6 Å². The summed E-state index contributed by atoms with van der Waals surface area (Å²) < 4.78 is 10.2. The predicted octanol–water partition coefficient (Wildman–Crippen LogP) is 2.37. The van der Waals surface area contributed by atoms with Gasteiger partial charge in [-0.1, -0.05) is 5.16 Å². The summed E-state index contributed by atoms with van der Waals surface area (Å²) in [4.78, 5) is 31.4. The first-order chi connectivity index (χ1) is 13.4. The van der Waals surface area contributed by atoms with Crippen LogP contribution in [0.5, 0.6) is 0 Å². The van der Waals surface area contributed by atoms with E-state index in [9.17, 15) is 9.59 Å². The van der Waals surface area contributed by atoms with Crippen LogP contribution in [0.1, 0.15) is 25.8 Å². The first kappa shape index (κ1) is 20.0. The third kappa shape index (κ3) is 4.20. The molecule has 2 N–H and O–H groups in total. The van der Waals surface area contributed by atoms with Gasteiger partial charge >= 0.3 is 0 Å². The number of thiophene rings is 1. The number of nitrogens with zero attached hydrogens (tertiary/aromatic N) is 2. The Balaban J connectivity index is 1.88. The second-order valence-electron chi connectivity index (χ2n) is 6.36. The van der Waals surface area contributed by atoms with Gasteiger partial charge < -0.3 is 19.9 Å². The Bertz CT molecular complexity index is 1020. The van der Waals surface area contributed by atoms with Gasteiger partial charge in [0.2, 0.25) is 5.91 Å². The maximum absolute atomic E-state index is 12.8. The number of hydrogen-bond donors (Lipinski definition) is 2. The molecule has 0 aliphatic carbocycles. The van der Waals surface area contributed by atoms with Gasteiger partial charge in [0.15, 0.2) is 0 Å². The van der Waals surface area contributed by atoms with E-state index in [-0.39, 0.29) is 18.4 Å². The topological polar surface area (TPSA) is 106 Å². The van der Waals surface area contributed by atoms with Crippen LogP contribution in [0.4, 0.5) is 0 Å². The molecular weight excluding hydrogens is 380 g/mol. The van der Waals surface area contributed by atoms with Crippen LogP contribution in [0.25, 0.3) is 22.4 Å². The number of aryl methyl sites for hydroxylation is 3. The molecule has 0 bridgehead atoms. The number of fused-ring (bicyclic) bond motifs is 1. The highest BCUT2D eigenvalue weighted by Gasteiger charge is 2.21. The second kappa shape index (κ2) is 8.49. The quantitative estimate of drug-likeness (QED) is 0.588. The Labute approximate surface area is 166 Å². The summed E-state index contributed by atoms with van der Waals surface area (Å²) in [7, 11) is 1.55. The minimum atomic E-state index is -0.383. The van der Waals surface area contributed by atoms with Gasteiger partial charge in [-0.2, -0.15) is 0 Å². The fraction of sp³-hybridized carbons (Fsp3) is 0.368. The smallest absolute Gasteiger partial charge is 0.259 e. The maximum Gasteiger partial charge on any atom is 0.259 e. The van der Waals surface area contributed by atoms with Gasteiger partial charge in [0.05, 0.1) is 35.5 Å². The normalized spacial score (nSPS) is 11.0. The number of ether oxygens (including phenoxy) is 1. The van der Waals surface area contributed by atoms with E-state index in [1.165, 1.54) is 0 Å². The van der Waals surface area contributed by atoms with E-state index in [1.807, 2.05) is 19.9 Å². The fourth-order valence-electron chi connectivity index (χ4n) is 2.91. The number of aromatic nitrogens is 2. The number of hydrogen-bond acceptors (Lipinski definition) is 7. The van der Waals surface area contributed by atoms with Crippen molar-refractivity contribution in [1.82, 2.24) is 20.8 Å². The minimum Gasteiger partial charge on any atom is -0.383 e. The summed E-state index contributed by atoms with van der Waals surface area (Å²) in [5, 5.41) is 9.79. The molecule has 3 aromatic rings. The Hall–Kier alpha value is -2.78. The highest BCUT2D eigenvalue weighted by molar-refractivity contribution is 7.12. The molecule has 2 amide bonds. The van der Waals surface area contributed by atoms with Gasteiger partial charge in [-0.15, -0.1) is 11.3 Å². The van der Waals surface area contributed by atoms with E-state index in [0.29, 0.717) is 41.2 Å². The first-order valence-electron chi connectivity index (χ1n) is 8.79. The van der Waals surface area contributed by atoms with Crippen LogP contribution in [0, 0.1) is 20.8 Å². The van der Waals surface area contributed by atoms with Crippen molar-refractivity contribution in [2.24, 2.45) is 0 Å². The van der Waals surface area contributed by atoms with Crippen molar-refractivity contribution in [2.75, 3.05) is 26.8 Å². The lowest BCUT2D eigenvalue weighted by Crippen LogP contribution is -2.38. The molecule has 3 rings (SSSR count). The van der Waals surface area contributed by atoms with Crippen LogP contribution in [-0.4, -0.2) is 48.8 Å². The Morgan fingerprint density at radius 2 is 2.00 bits per heavy atom. The molecule has 0 atom stereocenters. The SMILES string of the molecule is COCCNC(=O)CNC(=O)c1cc(-c2cc(C)sc2C)nc2onc(C)c12. The lowest BCUT2D eigenvalue weighted by atomic mass is 10.1. The zero-order valence-electron chi connectivity index (χ0n) is 16.2. The highest BCUT2D eigenvalue weighted by Crippen LogP contribution is 2.32. The van der Waals surface area contributed by atoms with E-state index < -0.39 is 0 Å². The average Bonchev–Trinajstić information content (AvgIpc) is 3.21. The van der Waals surface area contributed by atoms with E-state index >= 15 is 0 Å². The summed E-state index contributed by atoms with van der Waals surface area (Å²) in [6, 6.07) is 3.75. The molecule has 0 spiro atoms. The molecule has 0 aromatic carbocycles. The van der Waals surface area contributed by atoms with Crippen molar-refractivity contribution < 1.29 is 18.8 Å². The van der Waals surface area contributed by atoms with Crippen molar-refractivity contribution >= 4 is 34.3 Å². The van der Waals surface area contributed by atoms with Crippen LogP contribution in [0.2, 0.25) is 0 Å². The van der Waals surface area contributed by atoms with Crippen molar-refractivity contribution in [3.63, 3.8) is 0 Å². The van der Waals surface area contributed by atoms with Gasteiger partial charge in [0.1, 0.15) is 0 Å². The molecule has 0 radical (unpaired) electrons. The van der Waals surface area contributed by atoms with E-state index in [1.54, 1.807) is 31.4 Å². The summed E-state index contributed by atoms with van der Waals surface area (Å²) >= 11 is 1.66. The van der Waals surface area contributed by atoms with Crippen molar-refractivity contribution in [2.45, 2.75) is 20.8 Å². The van der Waals surface area contributed by atoms with Gasteiger partial charge in [0, 0.05) is 29.0 Å². The van der Waals surface area contributed by atoms with E-state index in [2.05, 4.69) is 20.8 Å². The van der Waals surface area contributed by atoms with Gasteiger partial charge in [-0.25, -0.2) is 4.98 Å². The lowest BCUT2D eigenvalue weighted by Gasteiger charge is -2.09. The minimum absolute atomic E-state index is 0.136. The van der Waals surface area contributed by atoms with Crippen LogP contribution in [0.3, 0.4) is 0 Å². The standard InChI is InChI=1S/C19H22N4O4S/c1-10-7-13(12(3)28-10)15-8-14(17-11(2)23-27-19(17)22-15)18(25)21-9-16(24)20-5-6-26-4/h7-8H,5-6,9H2,1-4H3,(H,20,24)(H,21,25). The number of nitrogens with one attached hydrogen (secondary N) is 2. The maximum atomic E-state index is 12.8. The van der Waals surface area contributed by atoms with Crippen LogP contribution >= 0.6 is 11.3 Å². The average molecular weight is 402 g/mol. The molecule has 0 aliphatic rings. The molecule has 9 heteroatoms. The Morgan fingerprint density at radius 3 is 2.68 bits per heavy atom. The molecule has 0 saturated heterocycles. The summed E-state index contributed by atoms with van der Waals surface area (Å²) in [6.07, 6.45) is 0. The van der Waals surface area contributed by atoms with Crippen LogP contribution in [-0.2, 0) is 9.53 Å². The van der Waals surface area contributed by atoms with Crippen molar-refractivity contribution in [3.05, 3.63) is 33.1 Å². The van der Waals surface area contributed by atoms with Gasteiger partial charge in [-0.05, 0) is 32.9 Å². The summed E-state index contributed by atoms with van der Waals surface area (Å²) in [5.41, 5.74) is 2.84. The lowest BCUT2D eigenvalue weighted by molar-refractivity contribution is -0.120. The molecule has 0 saturated carbocycles. The number of carbonyl (C=O) groups is 2. The number of rotatable bonds is 7. The first-order valence-corrected chi connectivity index (χ1v) is 9.60. The molecule has 148 valence electrons. The third-order valence-electron chi connectivity index (χ3n) is 4.22.